The number of hydrogen-bond donors (Lipinski definition) is 0. The van der Waals surface area contributed by atoms with E-state index in [9.17, 15) is 0 Å². The Morgan fingerprint density at radius 2 is 1.25 bits per heavy atom. The van der Waals surface area contributed by atoms with Crippen LogP contribution in [-0.2, 0) is 3.84 Å². The summed E-state index contributed by atoms with van der Waals surface area (Å²) in [5.41, 5.74) is 0. The first-order valence-electron chi connectivity index (χ1n) is 0.309. The van der Waals surface area contributed by atoms with Gasteiger partial charge in [0.15, 0.2) is 0 Å². The van der Waals surface area contributed by atoms with Gasteiger partial charge in [0.25, 0.3) is 0 Å². The molecule has 0 aliphatic carbocycles. The van der Waals surface area contributed by atoms with Crippen LogP contribution in [0.25, 0.3) is 0 Å². The Kier molecular flexibility index (Phi) is 19.9. The zero-order chi connectivity index (χ0) is 2.71. The van der Waals surface area contributed by atoms with Gasteiger partial charge in [-0.3, -0.25) is 0 Å². The van der Waals surface area contributed by atoms with Crippen LogP contribution in [0.4, 0.5) is 0 Å². The van der Waals surface area contributed by atoms with Gasteiger partial charge in [-0.05, 0) is 0 Å². The van der Waals surface area contributed by atoms with Gasteiger partial charge >= 0.3 is 23.9 Å². The Morgan fingerprint density at radius 1 is 1.25 bits per heavy atom. The van der Waals surface area contributed by atoms with Crippen molar-refractivity contribution < 1.29 is 3.84 Å². The van der Waals surface area contributed by atoms with Gasteiger partial charge in [-0.1, -0.05) is 0 Å². The van der Waals surface area contributed by atoms with Crippen molar-refractivity contribution in [2.24, 2.45) is 0 Å². The van der Waals surface area contributed by atoms with Crippen molar-refractivity contribution >= 4 is 47.6 Å². The third-order valence-electron chi connectivity index (χ3n) is 0. The van der Waals surface area contributed by atoms with E-state index in [-0.39, 0.29) is 23.9 Å². The van der Waals surface area contributed by atoms with Crippen molar-refractivity contribution in [2.45, 2.75) is 0 Å². The van der Waals surface area contributed by atoms with Crippen molar-refractivity contribution in [3.63, 3.8) is 0 Å². The van der Waals surface area contributed by atoms with Crippen LogP contribution in [0.1, 0.15) is 0 Å². The second-order valence-electron chi connectivity index (χ2n) is 0.0583. The van der Waals surface area contributed by atoms with Crippen molar-refractivity contribution in [1.82, 2.24) is 0 Å². The van der Waals surface area contributed by atoms with Crippen LogP contribution in [0, 0.1) is 0 Å². The molecule has 4 heavy (non-hydrogen) atoms. The molecular formula is H2Cl2OSn. The topological polar surface area (TPSA) is 9.23 Å². The molecule has 0 saturated heterocycles. The predicted octanol–water partition coefficient (Wildman–Crippen LogP) is 0.394. The molecule has 0 atom stereocenters. The van der Waals surface area contributed by atoms with Crippen LogP contribution in [0.3, 0.4) is 0 Å². The minimum absolute atomic E-state index is 0. The number of halogens is 2. The van der Waals surface area contributed by atoms with Gasteiger partial charge in [0.2, 0.25) is 0 Å². The second-order valence-corrected chi connectivity index (χ2v) is 0.525. The Balaban J connectivity index is 0. The van der Waals surface area contributed by atoms with Crippen LogP contribution < -0.4 is 0 Å². The molecule has 0 aromatic rings. The fraction of sp³-hybridized carbons (Fsp3) is 0. The Bertz CT molecular complexity index is 6.00. The van der Waals surface area contributed by atoms with Gasteiger partial charge in [-0.15, -0.1) is 0 Å². The monoisotopic (exact) mass is 208 g/mol. The molecular weight excluding hydrogens is 206 g/mol. The molecule has 0 bridgehead atoms. The van der Waals surface area contributed by atoms with E-state index in [0.29, 0.717) is 0 Å². The van der Waals surface area contributed by atoms with Crippen LogP contribution >= 0.6 is 23.7 Å². The van der Waals surface area contributed by atoms with Gasteiger partial charge in [0.1, 0.15) is 0 Å². The zero-order valence-electron chi connectivity index (χ0n) is 1.87. The quantitative estimate of drug-likeness (QED) is 0.523. The Labute approximate surface area is 51.5 Å². The summed E-state index contributed by atoms with van der Waals surface area (Å²) in [6.45, 7) is 0. The second kappa shape index (κ2) is 8.84. The van der Waals surface area contributed by atoms with Crippen LogP contribution in [0.15, 0.2) is 0 Å². The summed E-state index contributed by atoms with van der Waals surface area (Å²) < 4.78 is 3.19. The van der Waals surface area contributed by atoms with Gasteiger partial charge in [-0.25, -0.2) is 0 Å². The Hall–Kier alpha value is 1.34. The van der Waals surface area contributed by atoms with E-state index in [1.807, 2.05) is 0 Å². The van der Waals surface area contributed by atoms with Crippen LogP contribution in [0.2, 0.25) is 0 Å². The molecule has 26 valence electrons. The van der Waals surface area contributed by atoms with Gasteiger partial charge in [-0.2, -0.15) is 3.84 Å². The summed E-state index contributed by atoms with van der Waals surface area (Å²) in [5.74, 6) is 0. The third kappa shape index (κ3) is 10.2. The SMILES string of the molecule is ClOCl.[SnH2]. The average molecular weight is 208 g/mol. The van der Waals surface area contributed by atoms with E-state index in [2.05, 4.69) is 27.6 Å². The van der Waals surface area contributed by atoms with Crippen molar-refractivity contribution in [3.8, 4) is 0 Å². The van der Waals surface area contributed by atoms with E-state index in [0.717, 1.165) is 0 Å². The van der Waals surface area contributed by atoms with E-state index in [1.54, 1.807) is 0 Å². The molecule has 0 fully saturated rings. The van der Waals surface area contributed by atoms with Gasteiger partial charge < -0.3 is 0 Å². The molecule has 2 radical (unpaired) electrons. The molecule has 0 unspecified atom stereocenters. The Morgan fingerprint density at radius 3 is 1.25 bits per heavy atom. The normalized spacial score (nSPS) is 4.50. The van der Waals surface area contributed by atoms with Crippen molar-refractivity contribution in [1.29, 1.82) is 0 Å². The predicted molar refractivity (Wildman–Crippen MR) is 21.3 cm³/mol. The van der Waals surface area contributed by atoms with E-state index in [1.165, 1.54) is 0 Å². The van der Waals surface area contributed by atoms with E-state index in [4.69, 9.17) is 0 Å². The first-order chi connectivity index (χ1) is 1.41. The average Bonchev–Trinajstić information content (AvgIpc) is 0.918. The molecule has 0 aromatic carbocycles. The van der Waals surface area contributed by atoms with Gasteiger partial charge in [0, 0.05) is 0 Å². The van der Waals surface area contributed by atoms with E-state index < -0.39 is 0 Å². The van der Waals surface area contributed by atoms with Crippen LogP contribution in [-0.4, -0.2) is 23.9 Å². The first kappa shape index (κ1) is 9.02. The summed E-state index contributed by atoms with van der Waals surface area (Å²) in [4.78, 5) is 0. The molecule has 0 aromatic heterocycles. The third-order valence-corrected chi connectivity index (χ3v) is 0. The van der Waals surface area contributed by atoms with Crippen molar-refractivity contribution in [2.75, 3.05) is 0 Å². The maximum atomic E-state index is 4.26. The van der Waals surface area contributed by atoms with E-state index >= 15 is 0 Å². The molecule has 0 amide bonds. The summed E-state index contributed by atoms with van der Waals surface area (Å²) in [6.07, 6.45) is 0. The zero-order valence-corrected chi connectivity index (χ0v) is 7.42. The van der Waals surface area contributed by atoms with Gasteiger partial charge in [0.05, 0.1) is 23.7 Å². The molecule has 0 spiro atoms. The minimum atomic E-state index is 0. The fourth-order valence-corrected chi connectivity index (χ4v) is 0. The molecule has 0 N–H and O–H groups in total. The number of rotatable bonds is 0. The summed E-state index contributed by atoms with van der Waals surface area (Å²) in [7, 11) is 0. The summed E-state index contributed by atoms with van der Waals surface area (Å²) in [5, 5.41) is 0. The molecule has 0 rings (SSSR count). The standard InChI is InChI=1S/Cl2O.Sn.2H/c1-3-2;;;. The summed E-state index contributed by atoms with van der Waals surface area (Å²) >= 11 is 8.53. The molecule has 0 saturated carbocycles. The number of hydrogen-bond acceptors (Lipinski definition) is 1. The molecule has 0 aliphatic heterocycles. The maximum absolute atomic E-state index is 4.26. The van der Waals surface area contributed by atoms with Crippen LogP contribution in [0.5, 0.6) is 0 Å². The molecule has 1 nitrogen and oxygen atoms in total. The fourth-order valence-electron chi connectivity index (χ4n) is 0. The molecule has 4 heteroatoms. The first-order valence-corrected chi connectivity index (χ1v) is 0.926. The molecule has 0 heterocycles. The van der Waals surface area contributed by atoms with Crippen molar-refractivity contribution in [3.05, 3.63) is 0 Å². The summed E-state index contributed by atoms with van der Waals surface area (Å²) in [6, 6.07) is 0. The molecule has 0 aliphatic rings.